The molecule has 2 fully saturated rings. The number of benzene rings is 1. The molecule has 1 aromatic rings. The maximum atomic E-state index is 12.7. The SMILES string of the molecule is O=S1(=O)N(c2ccccc2)CC(O)C12CCNC2. The number of sulfonamides is 1. The predicted molar refractivity (Wildman–Crippen MR) is 68.9 cm³/mol. The molecule has 6 heteroatoms. The molecule has 0 aromatic heterocycles. The first-order valence-corrected chi connectivity index (χ1v) is 7.48. The third-order valence-electron chi connectivity index (χ3n) is 3.94. The van der Waals surface area contributed by atoms with Gasteiger partial charge in [-0.1, -0.05) is 18.2 Å². The highest BCUT2D eigenvalue weighted by molar-refractivity contribution is 7.94. The highest BCUT2D eigenvalue weighted by atomic mass is 32.2. The number of β-amino-alcohol motifs (C(OH)–C–C–N with tert-alkyl or cyclic N) is 1. The average molecular weight is 268 g/mol. The Morgan fingerprint density at radius 1 is 1.33 bits per heavy atom. The molecule has 0 amide bonds. The van der Waals surface area contributed by atoms with Crippen LogP contribution in [-0.4, -0.2) is 44.0 Å². The van der Waals surface area contributed by atoms with Crippen molar-refractivity contribution in [2.45, 2.75) is 17.3 Å². The number of para-hydroxylation sites is 1. The highest BCUT2D eigenvalue weighted by Gasteiger charge is 2.60. The van der Waals surface area contributed by atoms with Gasteiger partial charge in [-0.05, 0) is 25.1 Å². The molecule has 2 aliphatic heterocycles. The van der Waals surface area contributed by atoms with Gasteiger partial charge in [0.1, 0.15) is 4.75 Å². The summed E-state index contributed by atoms with van der Waals surface area (Å²) in [6.45, 7) is 1.12. The minimum atomic E-state index is -3.51. The van der Waals surface area contributed by atoms with Crippen LogP contribution in [0.15, 0.2) is 30.3 Å². The maximum absolute atomic E-state index is 12.7. The van der Waals surface area contributed by atoms with Crippen LogP contribution >= 0.6 is 0 Å². The molecule has 98 valence electrons. The molecule has 1 aromatic carbocycles. The monoisotopic (exact) mass is 268 g/mol. The molecular formula is C12H16N2O3S. The summed E-state index contributed by atoms with van der Waals surface area (Å²) >= 11 is 0. The fraction of sp³-hybridized carbons (Fsp3) is 0.500. The quantitative estimate of drug-likeness (QED) is 0.748. The zero-order valence-corrected chi connectivity index (χ0v) is 10.7. The Balaban J connectivity index is 2.06. The summed E-state index contributed by atoms with van der Waals surface area (Å²) in [6.07, 6.45) is -0.363. The summed E-state index contributed by atoms with van der Waals surface area (Å²) in [4.78, 5) is 0. The number of aliphatic hydroxyl groups excluding tert-OH is 1. The number of nitrogens with one attached hydrogen (secondary N) is 1. The third-order valence-corrected chi connectivity index (χ3v) is 6.53. The van der Waals surface area contributed by atoms with Gasteiger partial charge < -0.3 is 10.4 Å². The molecular weight excluding hydrogens is 252 g/mol. The van der Waals surface area contributed by atoms with Crippen LogP contribution in [0, 0.1) is 0 Å². The second-order valence-corrected chi connectivity index (χ2v) is 7.08. The van der Waals surface area contributed by atoms with Crippen molar-refractivity contribution in [2.24, 2.45) is 0 Å². The fourth-order valence-electron chi connectivity index (χ4n) is 2.84. The second-order valence-electron chi connectivity index (χ2n) is 4.88. The van der Waals surface area contributed by atoms with Crippen molar-refractivity contribution in [3.8, 4) is 0 Å². The smallest absolute Gasteiger partial charge is 0.244 e. The number of nitrogens with zero attached hydrogens (tertiary/aromatic N) is 1. The van der Waals surface area contributed by atoms with Gasteiger partial charge in [0.05, 0.1) is 18.3 Å². The zero-order valence-electron chi connectivity index (χ0n) is 9.91. The van der Waals surface area contributed by atoms with E-state index in [4.69, 9.17) is 0 Å². The highest BCUT2D eigenvalue weighted by Crippen LogP contribution is 2.40. The van der Waals surface area contributed by atoms with Crippen LogP contribution in [-0.2, 0) is 10.0 Å². The van der Waals surface area contributed by atoms with E-state index in [1.807, 2.05) is 6.07 Å². The minimum absolute atomic E-state index is 0.147. The zero-order chi connectivity index (χ0) is 12.8. The Labute approximate surface area is 106 Å². The summed E-state index contributed by atoms with van der Waals surface area (Å²) in [5.41, 5.74) is 0.625. The largest absolute Gasteiger partial charge is 0.389 e. The first-order chi connectivity index (χ1) is 8.58. The Morgan fingerprint density at radius 3 is 2.67 bits per heavy atom. The van der Waals surface area contributed by atoms with E-state index in [0.717, 1.165) is 0 Å². The molecule has 0 bridgehead atoms. The van der Waals surface area contributed by atoms with Crippen molar-refractivity contribution in [1.29, 1.82) is 0 Å². The lowest BCUT2D eigenvalue weighted by atomic mass is 10.0. The number of aliphatic hydroxyl groups is 1. The normalized spacial score (nSPS) is 34.3. The third kappa shape index (κ3) is 1.43. The molecule has 3 rings (SSSR count). The molecule has 0 saturated carbocycles. The van der Waals surface area contributed by atoms with E-state index in [0.29, 0.717) is 25.2 Å². The number of rotatable bonds is 1. The van der Waals surface area contributed by atoms with E-state index in [9.17, 15) is 13.5 Å². The van der Waals surface area contributed by atoms with E-state index in [-0.39, 0.29) is 6.54 Å². The van der Waals surface area contributed by atoms with Crippen LogP contribution in [0.3, 0.4) is 0 Å². The Morgan fingerprint density at radius 2 is 2.06 bits per heavy atom. The summed E-state index contributed by atoms with van der Waals surface area (Å²) in [7, 11) is -3.51. The maximum Gasteiger partial charge on any atom is 0.244 e. The molecule has 2 saturated heterocycles. The van der Waals surface area contributed by atoms with Crippen LogP contribution in [0.5, 0.6) is 0 Å². The molecule has 2 heterocycles. The molecule has 5 nitrogen and oxygen atoms in total. The number of hydrogen-bond donors (Lipinski definition) is 2. The van der Waals surface area contributed by atoms with Crippen LogP contribution in [0.4, 0.5) is 5.69 Å². The Hall–Kier alpha value is -1.11. The lowest BCUT2D eigenvalue weighted by molar-refractivity contribution is 0.151. The molecule has 2 aliphatic rings. The van der Waals surface area contributed by atoms with Gasteiger partial charge in [-0.15, -0.1) is 0 Å². The van der Waals surface area contributed by atoms with E-state index in [2.05, 4.69) is 5.32 Å². The first kappa shape index (κ1) is 12.0. The summed E-state index contributed by atoms with van der Waals surface area (Å²) in [5, 5.41) is 13.2. The van der Waals surface area contributed by atoms with Crippen LogP contribution in [0.25, 0.3) is 0 Å². The van der Waals surface area contributed by atoms with Gasteiger partial charge in [-0.3, -0.25) is 4.31 Å². The number of hydrogen-bond acceptors (Lipinski definition) is 4. The molecule has 0 radical (unpaired) electrons. The van der Waals surface area contributed by atoms with E-state index >= 15 is 0 Å². The lowest BCUT2D eigenvalue weighted by Crippen LogP contribution is -2.47. The van der Waals surface area contributed by atoms with Crippen LogP contribution < -0.4 is 9.62 Å². The van der Waals surface area contributed by atoms with E-state index in [1.54, 1.807) is 24.3 Å². The summed E-state index contributed by atoms with van der Waals surface area (Å²) in [5.74, 6) is 0. The van der Waals surface area contributed by atoms with Crippen molar-refractivity contribution in [2.75, 3.05) is 23.9 Å². The standard InChI is InChI=1S/C12H16N2O3S/c15-11-8-14(10-4-2-1-3-5-10)18(16,17)12(11)6-7-13-9-12/h1-5,11,13,15H,6-9H2. The number of anilines is 1. The van der Waals surface area contributed by atoms with Crippen molar-refractivity contribution in [3.63, 3.8) is 0 Å². The second kappa shape index (κ2) is 3.94. The topological polar surface area (TPSA) is 69.6 Å². The molecule has 2 unspecified atom stereocenters. The summed E-state index contributed by atoms with van der Waals surface area (Å²) in [6, 6.07) is 8.96. The van der Waals surface area contributed by atoms with Gasteiger partial charge in [0.15, 0.2) is 0 Å². The first-order valence-electron chi connectivity index (χ1n) is 6.04. The van der Waals surface area contributed by atoms with Crippen LogP contribution in [0.2, 0.25) is 0 Å². The molecule has 18 heavy (non-hydrogen) atoms. The van der Waals surface area contributed by atoms with Crippen molar-refractivity contribution < 1.29 is 13.5 Å². The van der Waals surface area contributed by atoms with Crippen molar-refractivity contribution in [1.82, 2.24) is 5.32 Å². The van der Waals surface area contributed by atoms with Gasteiger partial charge in [0, 0.05) is 6.54 Å². The Bertz CT molecular complexity index is 538. The molecule has 2 atom stereocenters. The molecule has 1 spiro atoms. The van der Waals surface area contributed by atoms with E-state index in [1.165, 1.54) is 4.31 Å². The van der Waals surface area contributed by atoms with Gasteiger partial charge in [0.25, 0.3) is 0 Å². The Kier molecular flexibility index (Phi) is 2.62. The van der Waals surface area contributed by atoms with Crippen molar-refractivity contribution >= 4 is 15.7 Å². The van der Waals surface area contributed by atoms with Gasteiger partial charge in [-0.2, -0.15) is 0 Å². The van der Waals surface area contributed by atoms with Crippen molar-refractivity contribution in [3.05, 3.63) is 30.3 Å². The minimum Gasteiger partial charge on any atom is -0.389 e. The van der Waals surface area contributed by atoms with E-state index < -0.39 is 20.9 Å². The van der Waals surface area contributed by atoms with Gasteiger partial charge in [-0.25, -0.2) is 8.42 Å². The fourth-order valence-corrected chi connectivity index (χ4v) is 5.08. The lowest BCUT2D eigenvalue weighted by Gasteiger charge is -2.25. The van der Waals surface area contributed by atoms with Crippen LogP contribution in [0.1, 0.15) is 6.42 Å². The van der Waals surface area contributed by atoms with Gasteiger partial charge in [0.2, 0.25) is 10.0 Å². The molecule has 0 aliphatic carbocycles. The summed E-state index contributed by atoms with van der Waals surface area (Å²) < 4.78 is 25.6. The average Bonchev–Trinajstić information content (AvgIpc) is 2.93. The predicted octanol–water partition coefficient (Wildman–Crippen LogP) is -0.0706. The molecule has 2 N–H and O–H groups in total. The van der Waals surface area contributed by atoms with Gasteiger partial charge >= 0.3 is 0 Å².